The molecule has 0 aromatic rings. The summed E-state index contributed by atoms with van der Waals surface area (Å²) in [6.07, 6.45) is 1.04. The molecule has 0 aliphatic rings. The molecule has 5 heteroatoms. The van der Waals surface area contributed by atoms with Crippen molar-refractivity contribution in [3.8, 4) is 0 Å². The molecular weight excluding hydrogens is 173 g/mol. The van der Waals surface area contributed by atoms with Gasteiger partial charge in [0.05, 0.1) is 0 Å². The van der Waals surface area contributed by atoms with Gasteiger partial charge >= 0.3 is 0 Å². The van der Waals surface area contributed by atoms with E-state index >= 15 is 0 Å². The molecule has 0 spiro atoms. The van der Waals surface area contributed by atoms with E-state index in [0.717, 1.165) is 24.3 Å². The Bertz CT molecular complexity index is 109. The third-order valence-electron chi connectivity index (χ3n) is 0.640. The van der Waals surface area contributed by atoms with Crippen LogP contribution in [0.2, 0.25) is 0 Å². The van der Waals surface area contributed by atoms with Crippen molar-refractivity contribution in [2.75, 3.05) is 6.54 Å². The molecule has 0 rings (SSSR count). The fourth-order valence-electron chi connectivity index (χ4n) is 0.293. The number of hydrogen-bond acceptors (Lipinski definition) is 3. The van der Waals surface area contributed by atoms with Gasteiger partial charge in [-0.05, 0) is 6.42 Å². The summed E-state index contributed by atoms with van der Waals surface area (Å²) in [6, 6.07) is 0. The van der Waals surface area contributed by atoms with Crippen LogP contribution < -0.4 is 5.32 Å². The van der Waals surface area contributed by atoms with Gasteiger partial charge < -0.3 is 5.32 Å². The second-order valence-electron chi connectivity index (χ2n) is 1.38. The number of rotatable bonds is 3. The van der Waals surface area contributed by atoms with Crippen molar-refractivity contribution < 1.29 is 4.57 Å². The summed E-state index contributed by atoms with van der Waals surface area (Å²) in [5, 5.41) is 2.92. The first kappa shape index (κ1) is 9.34. The molecule has 0 aromatic carbocycles. The minimum Gasteiger partial charge on any atom is -0.370 e. The third kappa shape index (κ3) is 6.22. The van der Waals surface area contributed by atoms with E-state index in [1.54, 1.807) is 0 Å². The fraction of sp³-hybridized carbons (Fsp3) is 0.750. The van der Waals surface area contributed by atoms with Gasteiger partial charge in [-0.25, -0.2) is 0 Å². The van der Waals surface area contributed by atoms with Crippen molar-refractivity contribution in [1.29, 1.82) is 0 Å². The van der Waals surface area contributed by atoms with Crippen molar-refractivity contribution in [2.45, 2.75) is 13.3 Å². The summed E-state index contributed by atoms with van der Waals surface area (Å²) in [5.74, 6) is 0. The zero-order valence-corrected chi connectivity index (χ0v) is 7.61. The topological polar surface area (TPSA) is 29.1 Å². The molecule has 52 valence electrons. The standard InChI is InChI=1S/C4H8NOPS2/c1-2-3-5-4(8)9-7-6/h2-3H2,1H3,(H,5,8). The fourth-order valence-corrected chi connectivity index (χ4v) is 1.30. The SMILES string of the molecule is CCCNC(=S)SP=O. The molecule has 0 unspecified atom stereocenters. The molecule has 0 aromatic heterocycles. The molecule has 9 heavy (non-hydrogen) atoms. The number of hydrogen-bond donors (Lipinski definition) is 1. The number of thiocarbonyl (C=S) groups is 1. The molecule has 0 aliphatic heterocycles. The molecule has 0 radical (unpaired) electrons. The van der Waals surface area contributed by atoms with Crippen molar-refractivity contribution in [3.63, 3.8) is 0 Å². The zero-order valence-electron chi connectivity index (χ0n) is 5.09. The van der Waals surface area contributed by atoms with Crippen molar-refractivity contribution in [1.82, 2.24) is 5.32 Å². The van der Waals surface area contributed by atoms with Crippen LogP contribution in [0, 0.1) is 0 Å². The Morgan fingerprint density at radius 3 is 3.00 bits per heavy atom. The van der Waals surface area contributed by atoms with Gasteiger partial charge in [-0.2, -0.15) is 0 Å². The van der Waals surface area contributed by atoms with E-state index < -0.39 is 0 Å². The first-order valence-electron chi connectivity index (χ1n) is 2.58. The van der Waals surface area contributed by atoms with Gasteiger partial charge in [0.2, 0.25) is 7.66 Å². The van der Waals surface area contributed by atoms with Crippen LogP contribution in [0.5, 0.6) is 0 Å². The van der Waals surface area contributed by atoms with Crippen LogP contribution in [0.15, 0.2) is 0 Å². The Morgan fingerprint density at radius 2 is 2.56 bits per heavy atom. The molecular formula is C4H8NOPS2. The maximum atomic E-state index is 9.91. The van der Waals surface area contributed by atoms with E-state index in [-0.39, 0.29) is 7.66 Å². The normalized spacial score (nSPS) is 9.44. The van der Waals surface area contributed by atoms with Gasteiger partial charge in [-0.3, -0.25) is 4.57 Å². The summed E-state index contributed by atoms with van der Waals surface area (Å²) >= 11 is 5.87. The van der Waals surface area contributed by atoms with Crippen molar-refractivity contribution in [3.05, 3.63) is 0 Å². The van der Waals surface area contributed by atoms with Gasteiger partial charge in [0, 0.05) is 17.9 Å². The second-order valence-corrected chi connectivity index (χ2v) is 3.78. The molecule has 0 bridgehead atoms. The minimum atomic E-state index is 0.0177. The lowest BCUT2D eigenvalue weighted by molar-refractivity contribution is 0.605. The highest BCUT2D eigenvalue weighted by Crippen LogP contribution is 2.17. The predicted octanol–water partition coefficient (Wildman–Crippen LogP) is 2.21. The van der Waals surface area contributed by atoms with E-state index in [4.69, 9.17) is 12.2 Å². The van der Waals surface area contributed by atoms with Crippen LogP contribution in [0.25, 0.3) is 0 Å². The second kappa shape index (κ2) is 6.46. The van der Waals surface area contributed by atoms with E-state index in [1.807, 2.05) is 0 Å². The largest absolute Gasteiger partial charge is 0.370 e. The Morgan fingerprint density at radius 1 is 1.89 bits per heavy atom. The summed E-state index contributed by atoms with van der Waals surface area (Å²) in [5.41, 5.74) is 0. The molecule has 0 amide bonds. The van der Waals surface area contributed by atoms with Crippen molar-refractivity contribution >= 4 is 35.6 Å². The van der Waals surface area contributed by atoms with Gasteiger partial charge in [-0.15, -0.1) is 0 Å². The lowest BCUT2D eigenvalue weighted by atomic mass is 10.5. The summed E-state index contributed by atoms with van der Waals surface area (Å²) in [7, 11) is 0.0177. The van der Waals surface area contributed by atoms with E-state index in [0.29, 0.717) is 4.32 Å². The minimum absolute atomic E-state index is 0.0177. The quantitative estimate of drug-likeness (QED) is 0.534. The van der Waals surface area contributed by atoms with E-state index in [2.05, 4.69) is 12.2 Å². The van der Waals surface area contributed by atoms with Crippen molar-refractivity contribution in [2.24, 2.45) is 0 Å². The van der Waals surface area contributed by atoms with Gasteiger partial charge in [-0.1, -0.05) is 19.1 Å². The van der Waals surface area contributed by atoms with Gasteiger partial charge in [0.15, 0.2) is 0 Å². The molecule has 1 N–H and O–H groups in total. The van der Waals surface area contributed by atoms with E-state index in [9.17, 15) is 4.57 Å². The highest BCUT2D eigenvalue weighted by molar-refractivity contribution is 8.57. The summed E-state index contributed by atoms with van der Waals surface area (Å²) in [4.78, 5) is 0. The molecule has 2 nitrogen and oxygen atoms in total. The van der Waals surface area contributed by atoms with Crippen LogP contribution in [0.4, 0.5) is 0 Å². The van der Waals surface area contributed by atoms with Crippen LogP contribution in [-0.4, -0.2) is 10.9 Å². The smallest absolute Gasteiger partial charge is 0.234 e. The first-order chi connectivity index (χ1) is 4.31. The summed E-state index contributed by atoms with van der Waals surface area (Å²) in [6.45, 7) is 2.91. The number of nitrogens with one attached hydrogen (secondary N) is 1. The zero-order chi connectivity index (χ0) is 7.11. The average molecular weight is 181 g/mol. The van der Waals surface area contributed by atoms with E-state index in [1.165, 1.54) is 0 Å². The van der Waals surface area contributed by atoms with Crippen LogP contribution in [0.1, 0.15) is 13.3 Å². The maximum Gasteiger partial charge on any atom is 0.234 e. The molecule has 0 saturated carbocycles. The maximum absolute atomic E-state index is 9.91. The summed E-state index contributed by atoms with van der Waals surface area (Å²) < 4.78 is 10.5. The first-order valence-corrected chi connectivity index (χ1v) is 5.23. The van der Waals surface area contributed by atoms with Crippen LogP contribution >= 0.6 is 31.3 Å². The lowest BCUT2D eigenvalue weighted by Gasteiger charge is -1.98. The third-order valence-corrected chi connectivity index (χ3v) is 2.56. The molecule has 0 fully saturated rings. The molecule has 0 heterocycles. The Kier molecular flexibility index (Phi) is 6.70. The Balaban J connectivity index is 3.16. The van der Waals surface area contributed by atoms with Gasteiger partial charge in [0.1, 0.15) is 4.32 Å². The van der Waals surface area contributed by atoms with Gasteiger partial charge in [0.25, 0.3) is 0 Å². The molecule has 0 atom stereocenters. The Hall–Kier alpha value is 0.340. The molecule has 0 saturated heterocycles. The highest BCUT2D eigenvalue weighted by atomic mass is 32.7. The highest BCUT2D eigenvalue weighted by Gasteiger charge is 1.92. The molecule has 0 aliphatic carbocycles. The predicted molar refractivity (Wildman–Crippen MR) is 46.1 cm³/mol. The Labute approximate surface area is 65.7 Å². The monoisotopic (exact) mass is 181 g/mol. The lowest BCUT2D eigenvalue weighted by Crippen LogP contribution is -2.17. The average Bonchev–Trinajstić information content (AvgIpc) is 1.85. The van der Waals surface area contributed by atoms with Crippen LogP contribution in [-0.2, 0) is 4.57 Å². The van der Waals surface area contributed by atoms with Crippen LogP contribution in [0.3, 0.4) is 0 Å².